The van der Waals surface area contributed by atoms with E-state index in [4.69, 9.17) is 5.11 Å². The Hall–Kier alpha value is -2.38. The Bertz CT molecular complexity index is 594. The van der Waals surface area contributed by atoms with Gasteiger partial charge < -0.3 is 5.11 Å². The predicted molar refractivity (Wildman–Crippen MR) is 60.1 cm³/mol. The van der Waals surface area contributed by atoms with Gasteiger partial charge in [-0.15, -0.1) is 5.10 Å². The number of rotatable bonds is 4. The molecule has 1 N–H and O–H groups in total. The maximum atomic E-state index is 13.7. The summed E-state index contributed by atoms with van der Waals surface area (Å²) in [6.07, 6.45) is -0.256. The number of benzene rings is 1. The molecule has 0 radical (unpaired) electrons. The van der Waals surface area contributed by atoms with Gasteiger partial charge in [-0.1, -0.05) is 6.07 Å². The van der Waals surface area contributed by atoms with E-state index in [-0.39, 0.29) is 17.8 Å². The number of halogens is 2. The Kier molecular flexibility index (Phi) is 3.50. The average Bonchev–Trinajstić information content (AvgIpc) is 2.76. The van der Waals surface area contributed by atoms with E-state index >= 15 is 0 Å². The number of hydrogen-bond acceptors (Lipinski definition) is 4. The summed E-state index contributed by atoms with van der Waals surface area (Å²) in [6.45, 7) is 1.55. The molecule has 0 saturated carbocycles. The van der Waals surface area contributed by atoms with Gasteiger partial charge in [0.2, 0.25) is 0 Å². The molecule has 19 heavy (non-hydrogen) atoms. The normalized spacial score (nSPS) is 12.4. The van der Waals surface area contributed by atoms with Gasteiger partial charge in [0.15, 0.2) is 5.82 Å². The van der Waals surface area contributed by atoms with E-state index in [9.17, 15) is 13.6 Å². The van der Waals surface area contributed by atoms with Crippen molar-refractivity contribution >= 4 is 5.97 Å². The van der Waals surface area contributed by atoms with E-state index in [1.165, 1.54) is 6.07 Å². The van der Waals surface area contributed by atoms with E-state index in [1.54, 1.807) is 6.92 Å². The summed E-state index contributed by atoms with van der Waals surface area (Å²) in [4.78, 5) is 10.7. The lowest BCUT2D eigenvalue weighted by Crippen LogP contribution is -2.14. The molecule has 0 spiro atoms. The van der Waals surface area contributed by atoms with Crippen LogP contribution in [0.3, 0.4) is 0 Å². The number of carboxylic acid groups (broad SMARTS) is 1. The quantitative estimate of drug-likeness (QED) is 0.911. The fourth-order valence-corrected chi connectivity index (χ4v) is 1.71. The zero-order valence-corrected chi connectivity index (χ0v) is 9.92. The van der Waals surface area contributed by atoms with Gasteiger partial charge >= 0.3 is 5.97 Å². The molecule has 2 rings (SSSR count). The second kappa shape index (κ2) is 5.09. The van der Waals surface area contributed by atoms with Crippen LogP contribution in [-0.2, 0) is 4.79 Å². The monoisotopic (exact) mass is 268 g/mol. The maximum absolute atomic E-state index is 13.7. The Balaban J connectivity index is 2.47. The molecular formula is C11H10F2N4O2. The molecule has 1 unspecified atom stereocenters. The maximum Gasteiger partial charge on any atom is 0.305 e. The fourth-order valence-electron chi connectivity index (χ4n) is 1.71. The second-order valence-electron chi connectivity index (χ2n) is 3.99. The molecule has 0 saturated heterocycles. The van der Waals surface area contributed by atoms with E-state index in [0.29, 0.717) is 0 Å². The minimum atomic E-state index is -1.05. The van der Waals surface area contributed by atoms with Crippen LogP contribution in [0, 0.1) is 11.6 Å². The third kappa shape index (κ3) is 2.56. The lowest BCUT2D eigenvalue weighted by atomic mass is 10.1. The zero-order chi connectivity index (χ0) is 14.0. The van der Waals surface area contributed by atoms with Crippen LogP contribution in [-0.4, -0.2) is 31.3 Å². The highest BCUT2D eigenvalue weighted by molar-refractivity contribution is 5.67. The molecule has 8 heteroatoms. The lowest BCUT2D eigenvalue weighted by Gasteiger charge is -2.11. The Labute approximate surface area is 106 Å². The van der Waals surface area contributed by atoms with E-state index in [2.05, 4.69) is 15.5 Å². The molecule has 1 atom stereocenters. The molecule has 100 valence electrons. The van der Waals surface area contributed by atoms with Gasteiger partial charge in [-0.05, 0) is 29.5 Å². The predicted octanol–water partition coefficient (Wildman–Crippen LogP) is 1.65. The lowest BCUT2D eigenvalue weighted by molar-refractivity contribution is -0.137. The number of aliphatic carboxylic acids is 1. The third-order valence-electron chi connectivity index (χ3n) is 2.57. The number of tetrazole rings is 1. The first-order valence-corrected chi connectivity index (χ1v) is 5.44. The van der Waals surface area contributed by atoms with Crippen LogP contribution in [0.15, 0.2) is 18.2 Å². The topological polar surface area (TPSA) is 80.9 Å². The number of nitrogens with zero attached hydrogens (tertiary/aromatic N) is 4. The van der Waals surface area contributed by atoms with Gasteiger partial charge in [-0.3, -0.25) is 4.79 Å². The summed E-state index contributed by atoms with van der Waals surface area (Å²) in [5.74, 6) is -2.80. The number of carboxylic acids is 1. The van der Waals surface area contributed by atoms with Crippen molar-refractivity contribution in [3.63, 3.8) is 0 Å². The van der Waals surface area contributed by atoms with Crippen molar-refractivity contribution in [2.75, 3.05) is 0 Å². The van der Waals surface area contributed by atoms with Crippen LogP contribution >= 0.6 is 0 Å². The minimum absolute atomic E-state index is 0.135. The highest BCUT2D eigenvalue weighted by atomic mass is 19.1. The van der Waals surface area contributed by atoms with Gasteiger partial charge in [0.05, 0.1) is 18.0 Å². The first kappa shape index (κ1) is 13.1. The summed E-state index contributed by atoms with van der Waals surface area (Å²) in [7, 11) is 0. The Morgan fingerprint density at radius 3 is 2.63 bits per heavy atom. The largest absolute Gasteiger partial charge is 0.481 e. The second-order valence-corrected chi connectivity index (χ2v) is 3.99. The van der Waals surface area contributed by atoms with E-state index in [1.807, 2.05) is 0 Å². The van der Waals surface area contributed by atoms with Crippen LogP contribution in [0.2, 0.25) is 0 Å². The Morgan fingerprint density at radius 2 is 2.05 bits per heavy atom. The molecule has 0 bridgehead atoms. The van der Waals surface area contributed by atoms with Crippen molar-refractivity contribution in [1.82, 2.24) is 20.2 Å². The van der Waals surface area contributed by atoms with Crippen LogP contribution in [0.5, 0.6) is 0 Å². The van der Waals surface area contributed by atoms with Crippen LogP contribution in [0.25, 0.3) is 11.4 Å². The molecular weight excluding hydrogens is 258 g/mol. The molecule has 6 nitrogen and oxygen atoms in total. The van der Waals surface area contributed by atoms with E-state index in [0.717, 1.165) is 16.8 Å². The van der Waals surface area contributed by atoms with Gasteiger partial charge in [-0.25, -0.2) is 13.5 Å². The fraction of sp³-hybridized carbons (Fsp3) is 0.273. The minimum Gasteiger partial charge on any atom is -0.481 e. The molecule has 1 aromatic carbocycles. The van der Waals surface area contributed by atoms with Gasteiger partial charge in [-0.2, -0.15) is 0 Å². The van der Waals surface area contributed by atoms with E-state index < -0.39 is 23.6 Å². The van der Waals surface area contributed by atoms with Crippen molar-refractivity contribution in [3.8, 4) is 11.4 Å². The summed E-state index contributed by atoms with van der Waals surface area (Å²) in [6, 6.07) is 2.77. The van der Waals surface area contributed by atoms with Gasteiger partial charge in [0.1, 0.15) is 11.6 Å². The van der Waals surface area contributed by atoms with Gasteiger partial charge in [0, 0.05) is 0 Å². The van der Waals surface area contributed by atoms with Crippen molar-refractivity contribution < 1.29 is 18.7 Å². The van der Waals surface area contributed by atoms with Crippen molar-refractivity contribution in [2.45, 2.75) is 19.4 Å². The average molecular weight is 268 g/mol. The molecule has 0 aliphatic rings. The van der Waals surface area contributed by atoms with Crippen molar-refractivity contribution in [2.24, 2.45) is 0 Å². The molecule has 0 amide bonds. The van der Waals surface area contributed by atoms with Crippen LogP contribution < -0.4 is 0 Å². The van der Waals surface area contributed by atoms with Crippen LogP contribution in [0.1, 0.15) is 19.4 Å². The molecule has 1 heterocycles. The Morgan fingerprint density at radius 1 is 1.42 bits per heavy atom. The molecule has 0 fully saturated rings. The molecule has 2 aromatic rings. The van der Waals surface area contributed by atoms with Crippen LogP contribution in [0.4, 0.5) is 8.78 Å². The highest BCUT2D eigenvalue weighted by Gasteiger charge is 2.22. The smallest absolute Gasteiger partial charge is 0.305 e. The standard InChI is InChI=1S/C11H10F2N4O2/c1-6(5-9(18)19)17-11(14-15-16-17)10-7(12)3-2-4-8(10)13/h2-4,6H,5H2,1H3,(H,18,19). The first-order chi connectivity index (χ1) is 9.00. The summed E-state index contributed by atoms with van der Waals surface area (Å²) >= 11 is 0. The number of aromatic nitrogens is 4. The van der Waals surface area contributed by atoms with Gasteiger partial charge in [0.25, 0.3) is 0 Å². The summed E-state index contributed by atoms with van der Waals surface area (Å²) in [5, 5.41) is 19.2. The summed E-state index contributed by atoms with van der Waals surface area (Å²) in [5.41, 5.74) is -0.371. The highest BCUT2D eigenvalue weighted by Crippen LogP contribution is 2.25. The van der Waals surface area contributed by atoms with Crippen molar-refractivity contribution in [3.05, 3.63) is 29.8 Å². The number of hydrogen-bond donors (Lipinski definition) is 1. The summed E-state index contributed by atoms with van der Waals surface area (Å²) < 4.78 is 28.4. The number of carbonyl (C=O) groups is 1. The van der Waals surface area contributed by atoms with Crippen molar-refractivity contribution in [1.29, 1.82) is 0 Å². The SMILES string of the molecule is CC(CC(=O)O)n1nnnc1-c1c(F)cccc1F. The first-order valence-electron chi connectivity index (χ1n) is 5.44. The molecule has 1 aromatic heterocycles. The molecule has 0 aliphatic heterocycles. The third-order valence-corrected chi connectivity index (χ3v) is 2.57. The zero-order valence-electron chi connectivity index (χ0n) is 9.92. The molecule has 0 aliphatic carbocycles.